The van der Waals surface area contributed by atoms with Crippen LogP contribution in [-0.2, 0) is 0 Å². The number of rotatable bonds is 5. The molecule has 0 saturated carbocycles. The monoisotopic (exact) mass is 322 g/mol. The second-order valence-corrected chi connectivity index (χ2v) is 4.82. The molecule has 0 N–H and O–H groups in total. The first kappa shape index (κ1) is 13.7. The van der Waals surface area contributed by atoms with Gasteiger partial charge >= 0.3 is 0 Å². The van der Waals surface area contributed by atoms with Crippen LogP contribution in [0.5, 0.6) is 5.75 Å². The highest BCUT2D eigenvalue weighted by atomic mass is 79.9. The van der Waals surface area contributed by atoms with Gasteiger partial charge < -0.3 is 4.74 Å². The van der Waals surface area contributed by atoms with Gasteiger partial charge in [-0.15, -0.1) is 0 Å². The van der Waals surface area contributed by atoms with Crippen molar-refractivity contribution in [3.8, 4) is 5.75 Å². The first-order chi connectivity index (χ1) is 9.16. The van der Waals surface area contributed by atoms with Crippen molar-refractivity contribution < 1.29 is 13.9 Å². The summed E-state index contributed by atoms with van der Waals surface area (Å²) < 4.78 is 19.1. The van der Waals surface area contributed by atoms with Crippen LogP contribution in [0.2, 0.25) is 0 Å². The standard InChI is InChI=1S/C15H12BrFO2/c16-13-7-6-12(17)10-15(13)19-9-8-14(18)11-4-2-1-3-5-11/h1-7,10H,8-9H2. The van der Waals surface area contributed by atoms with E-state index >= 15 is 0 Å². The number of ether oxygens (including phenoxy) is 1. The molecule has 4 heteroatoms. The van der Waals surface area contributed by atoms with Gasteiger partial charge in [0.25, 0.3) is 0 Å². The van der Waals surface area contributed by atoms with E-state index in [1.807, 2.05) is 18.2 Å². The molecule has 98 valence electrons. The summed E-state index contributed by atoms with van der Waals surface area (Å²) in [6.07, 6.45) is 0.257. The molecule has 0 bridgehead atoms. The van der Waals surface area contributed by atoms with E-state index < -0.39 is 0 Å². The minimum absolute atomic E-state index is 0.00752. The Morgan fingerprint density at radius 3 is 2.63 bits per heavy atom. The number of carbonyl (C=O) groups excluding carboxylic acids is 1. The molecule has 0 aliphatic carbocycles. The molecule has 2 rings (SSSR count). The van der Waals surface area contributed by atoms with Crippen LogP contribution in [0, 0.1) is 5.82 Å². The van der Waals surface area contributed by atoms with Crippen LogP contribution in [0.3, 0.4) is 0 Å². The molecule has 0 aliphatic heterocycles. The van der Waals surface area contributed by atoms with Crippen LogP contribution in [-0.4, -0.2) is 12.4 Å². The Labute approximate surface area is 119 Å². The molecular formula is C15H12BrFO2. The van der Waals surface area contributed by atoms with E-state index in [0.29, 0.717) is 15.8 Å². The number of Topliss-reactive ketones (excluding diaryl/α,β-unsaturated/α-hetero) is 1. The second kappa shape index (κ2) is 6.48. The number of ketones is 1. The summed E-state index contributed by atoms with van der Waals surface area (Å²) in [4.78, 5) is 11.8. The van der Waals surface area contributed by atoms with Gasteiger partial charge in [0.2, 0.25) is 0 Å². The summed E-state index contributed by atoms with van der Waals surface area (Å²) in [5.74, 6) is 0.0431. The van der Waals surface area contributed by atoms with Gasteiger partial charge in [0, 0.05) is 18.1 Å². The van der Waals surface area contributed by atoms with Crippen LogP contribution in [0.1, 0.15) is 16.8 Å². The van der Waals surface area contributed by atoms with Crippen molar-refractivity contribution in [2.75, 3.05) is 6.61 Å². The van der Waals surface area contributed by atoms with Crippen LogP contribution >= 0.6 is 15.9 Å². The third-order valence-corrected chi connectivity index (χ3v) is 3.23. The fourth-order valence-electron chi connectivity index (χ4n) is 1.61. The van der Waals surface area contributed by atoms with Gasteiger partial charge in [0.15, 0.2) is 5.78 Å². The van der Waals surface area contributed by atoms with Crippen LogP contribution in [0.25, 0.3) is 0 Å². The second-order valence-electron chi connectivity index (χ2n) is 3.96. The molecule has 0 saturated heterocycles. The summed E-state index contributed by atoms with van der Waals surface area (Å²) in [6, 6.07) is 13.2. The van der Waals surface area contributed by atoms with Crippen molar-refractivity contribution in [3.05, 3.63) is 64.4 Å². The SMILES string of the molecule is O=C(CCOc1cc(F)ccc1Br)c1ccccc1. The van der Waals surface area contributed by atoms with Crippen molar-refractivity contribution in [2.45, 2.75) is 6.42 Å². The Balaban J connectivity index is 1.90. The van der Waals surface area contributed by atoms with E-state index in [2.05, 4.69) is 15.9 Å². The van der Waals surface area contributed by atoms with Crippen molar-refractivity contribution >= 4 is 21.7 Å². The summed E-state index contributed by atoms with van der Waals surface area (Å²) >= 11 is 3.27. The smallest absolute Gasteiger partial charge is 0.166 e. The van der Waals surface area contributed by atoms with E-state index in [4.69, 9.17) is 4.74 Å². The maximum absolute atomic E-state index is 13.0. The molecule has 0 aliphatic rings. The van der Waals surface area contributed by atoms with Gasteiger partial charge in [-0.2, -0.15) is 0 Å². The number of carbonyl (C=O) groups is 1. The first-order valence-electron chi connectivity index (χ1n) is 5.83. The molecule has 0 unspecified atom stereocenters. The summed E-state index contributed by atoms with van der Waals surface area (Å²) in [5, 5.41) is 0. The zero-order valence-electron chi connectivity index (χ0n) is 10.1. The molecule has 2 aromatic rings. The highest BCUT2D eigenvalue weighted by Crippen LogP contribution is 2.25. The van der Waals surface area contributed by atoms with Gasteiger partial charge in [-0.25, -0.2) is 4.39 Å². The number of hydrogen-bond donors (Lipinski definition) is 0. The molecule has 2 aromatic carbocycles. The van der Waals surface area contributed by atoms with Crippen LogP contribution < -0.4 is 4.74 Å². The van der Waals surface area contributed by atoms with E-state index in [9.17, 15) is 9.18 Å². The lowest BCUT2D eigenvalue weighted by atomic mass is 10.1. The van der Waals surface area contributed by atoms with Gasteiger partial charge in [0.1, 0.15) is 11.6 Å². The average Bonchev–Trinajstić information content (AvgIpc) is 2.43. The predicted octanol–water partition coefficient (Wildman–Crippen LogP) is 4.24. The fraction of sp³-hybridized carbons (Fsp3) is 0.133. The molecule has 0 aromatic heterocycles. The highest BCUT2D eigenvalue weighted by molar-refractivity contribution is 9.10. The zero-order chi connectivity index (χ0) is 13.7. The molecule has 2 nitrogen and oxygen atoms in total. The largest absolute Gasteiger partial charge is 0.492 e. The molecule has 0 fully saturated rings. The summed E-state index contributed by atoms with van der Waals surface area (Å²) in [6.45, 7) is 0.218. The lowest BCUT2D eigenvalue weighted by Gasteiger charge is -2.07. The Bertz CT molecular complexity index is 570. The topological polar surface area (TPSA) is 26.3 Å². The zero-order valence-corrected chi connectivity index (χ0v) is 11.7. The van der Waals surface area contributed by atoms with Gasteiger partial charge in [-0.05, 0) is 28.1 Å². The van der Waals surface area contributed by atoms with Gasteiger partial charge in [-0.1, -0.05) is 30.3 Å². The van der Waals surface area contributed by atoms with Crippen molar-refractivity contribution in [3.63, 3.8) is 0 Å². The highest BCUT2D eigenvalue weighted by Gasteiger charge is 2.07. The molecule has 0 heterocycles. The lowest BCUT2D eigenvalue weighted by Crippen LogP contribution is -2.07. The molecule has 0 amide bonds. The minimum Gasteiger partial charge on any atom is -0.492 e. The Kier molecular flexibility index (Phi) is 4.68. The maximum Gasteiger partial charge on any atom is 0.166 e. The molecule has 0 atom stereocenters. The molecule has 0 spiro atoms. The fourth-order valence-corrected chi connectivity index (χ4v) is 1.97. The van der Waals surface area contributed by atoms with Gasteiger partial charge in [0.05, 0.1) is 11.1 Å². The lowest BCUT2D eigenvalue weighted by molar-refractivity contribution is 0.0962. The Hall–Kier alpha value is -1.68. The molecule has 19 heavy (non-hydrogen) atoms. The predicted molar refractivity (Wildman–Crippen MR) is 75.0 cm³/mol. The summed E-state index contributed by atoms with van der Waals surface area (Å²) in [5.41, 5.74) is 0.657. The normalized spacial score (nSPS) is 10.2. The number of halogens is 2. The quantitative estimate of drug-likeness (QED) is 0.769. The van der Waals surface area contributed by atoms with E-state index in [0.717, 1.165) is 0 Å². The van der Waals surface area contributed by atoms with Crippen LogP contribution in [0.15, 0.2) is 53.0 Å². The van der Waals surface area contributed by atoms with E-state index in [-0.39, 0.29) is 24.6 Å². The first-order valence-corrected chi connectivity index (χ1v) is 6.62. The third kappa shape index (κ3) is 3.89. The van der Waals surface area contributed by atoms with Gasteiger partial charge in [-0.3, -0.25) is 4.79 Å². The summed E-state index contributed by atoms with van der Waals surface area (Å²) in [7, 11) is 0. The number of benzene rings is 2. The van der Waals surface area contributed by atoms with E-state index in [1.54, 1.807) is 18.2 Å². The van der Waals surface area contributed by atoms with Crippen molar-refractivity contribution in [2.24, 2.45) is 0 Å². The molecule has 0 radical (unpaired) electrons. The third-order valence-electron chi connectivity index (χ3n) is 2.58. The van der Waals surface area contributed by atoms with Crippen molar-refractivity contribution in [1.29, 1.82) is 0 Å². The average molecular weight is 323 g/mol. The Morgan fingerprint density at radius 2 is 1.89 bits per heavy atom. The Morgan fingerprint density at radius 1 is 1.16 bits per heavy atom. The maximum atomic E-state index is 13.0. The molecular weight excluding hydrogens is 311 g/mol. The van der Waals surface area contributed by atoms with Crippen molar-refractivity contribution in [1.82, 2.24) is 0 Å². The van der Waals surface area contributed by atoms with E-state index in [1.165, 1.54) is 12.1 Å². The number of hydrogen-bond acceptors (Lipinski definition) is 2. The minimum atomic E-state index is -0.368. The van der Waals surface area contributed by atoms with Crippen LogP contribution in [0.4, 0.5) is 4.39 Å².